The topological polar surface area (TPSA) is 38.0 Å². The monoisotopic (exact) mass is 294 g/mol. The average molecular weight is 295 g/mol. The minimum atomic E-state index is -0.369. The maximum absolute atomic E-state index is 13.8. The van der Waals surface area contributed by atoms with Gasteiger partial charge in [-0.25, -0.2) is 9.82 Å². The molecule has 2 nitrogen and oxygen atoms in total. The molecule has 0 radical (unpaired) electrons. The molecule has 0 amide bonds. The van der Waals surface area contributed by atoms with Gasteiger partial charge in [-0.3, -0.25) is 5.84 Å². The van der Waals surface area contributed by atoms with Crippen LogP contribution in [0.3, 0.4) is 0 Å². The molecule has 1 unspecified atom stereocenters. The molecule has 2 aromatic carbocycles. The van der Waals surface area contributed by atoms with Crippen LogP contribution in [0.15, 0.2) is 53.0 Å². The lowest BCUT2D eigenvalue weighted by molar-refractivity contribution is 0.558. The first-order chi connectivity index (χ1) is 8.24. The second-order valence-electron chi connectivity index (χ2n) is 3.65. The number of hydrogen-bond donors (Lipinski definition) is 2. The first kappa shape index (κ1) is 12.2. The van der Waals surface area contributed by atoms with Crippen LogP contribution in [0.4, 0.5) is 4.39 Å². The maximum atomic E-state index is 13.8. The molecule has 0 aliphatic carbocycles. The van der Waals surface area contributed by atoms with Crippen LogP contribution in [0, 0.1) is 5.82 Å². The summed E-state index contributed by atoms with van der Waals surface area (Å²) in [7, 11) is 0. The number of hydrazine groups is 1. The summed E-state index contributed by atoms with van der Waals surface area (Å²) in [5, 5.41) is 0. The molecule has 2 rings (SSSR count). The summed E-state index contributed by atoms with van der Waals surface area (Å²) in [6.45, 7) is 0. The summed E-state index contributed by atoms with van der Waals surface area (Å²) >= 11 is 3.35. The SMILES string of the molecule is NNC(c1ccccc1)c1c(F)cccc1Br. The quantitative estimate of drug-likeness (QED) is 0.674. The lowest BCUT2D eigenvalue weighted by Crippen LogP contribution is -2.29. The standard InChI is InChI=1S/C13H12BrFN2/c14-10-7-4-8-11(15)12(10)13(17-16)9-5-2-1-3-6-9/h1-8,13,17H,16H2. The highest BCUT2D eigenvalue weighted by molar-refractivity contribution is 9.10. The van der Waals surface area contributed by atoms with Gasteiger partial charge in [0.2, 0.25) is 0 Å². The lowest BCUT2D eigenvalue weighted by Gasteiger charge is -2.18. The summed E-state index contributed by atoms with van der Waals surface area (Å²) < 4.78 is 14.5. The summed E-state index contributed by atoms with van der Waals surface area (Å²) in [4.78, 5) is 0. The smallest absolute Gasteiger partial charge is 0.129 e. The number of nitrogens with one attached hydrogen (secondary N) is 1. The van der Waals surface area contributed by atoms with Crippen molar-refractivity contribution in [3.63, 3.8) is 0 Å². The molecule has 4 heteroatoms. The molecule has 0 aromatic heterocycles. The predicted octanol–water partition coefficient (Wildman–Crippen LogP) is 3.14. The molecular weight excluding hydrogens is 283 g/mol. The molecule has 3 N–H and O–H groups in total. The molecule has 0 heterocycles. The third-order valence-electron chi connectivity index (χ3n) is 2.59. The Bertz CT molecular complexity index is 482. The minimum Gasteiger partial charge on any atom is -0.271 e. The molecule has 0 saturated carbocycles. The van der Waals surface area contributed by atoms with Gasteiger partial charge in [-0.05, 0) is 17.7 Å². The molecule has 2 aromatic rings. The van der Waals surface area contributed by atoms with Crippen LogP contribution in [0.1, 0.15) is 17.2 Å². The van der Waals surface area contributed by atoms with Crippen LogP contribution in [-0.2, 0) is 0 Å². The predicted molar refractivity (Wildman–Crippen MR) is 69.7 cm³/mol. The Morgan fingerprint density at radius 2 is 1.76 bits per heavy atom. The highest BCUT2D eigenvalue weighted by atomic mass is 79.9. The van der Waals surface area contributed by atoms with E-state index in [2.05, 4.69) is 21.4 Å². The van der Waals surface area contributed by atoms with Crippen molar-refractivity contribution >= 4 is 15.9 Å². The van der Waals surface area contributed by atoms with Gasteiger partial charge in [-0.2, -0.15) is 0 Å². The van der Waals surface area contributed by atoms with E-state index in [0.717, 1.165) is 5.56 Å². The highest BCUT2D eigenvalue weighted by Gasteiger charge is 2.18. The van der Waals surface area contributed by atoms with E-state index in [1.165, 1.54) is 6.07 Å². The fourth-order valence-corrected chi connectivity index (χ4v) is 2.35. The Balaban J connectivity index is 2.50. The van der Waals surface area contributed by atoms with Crippen molar-refractivity contribution in [2.24, 2.45) is 5.84 Å². The fourth-order valence-electron chi connectivity index (χ4n) is 1.78. The third kappa shape index (κ3) is 2.54. The average Bonchev–Trinajstić information content (AvgIpc) is 2.35. The van der Waals surface area contributed by atoms with Crippen LogP contribution in [0.5, 0.6) is 0 Å². The second kappa shape index (κ2) is 5.40. The largest absolute Gasteiger partial charge is 0.271 e. The summed E-state index contributed by atoms with van der Waals surface area (Å²) in [5.74, 6) is 5.25. The Kier molecular flexibility index (Phi) is 3.89. The van der Waals surface area contributed by atoms with Crippen molar-refractivity contribution in [1.29, 1.82) is 0 Å². The van der Waals surface area contributed by atoms with Crippen molar-refractivity contribution in [3.05, 3.63) is 69.9 Å². The first-order valence-electron chi connectivity index (χ1n) is 5.19. The molecular formula is C13H12BrFN2. The van der Waals surface area contributed by atoms with Crippen LogP contribution in [0.25, 0.3) is 0 Å². The third-order valence-corrected chi connectivity index (χ3v) is 3.28. The van der Waals surface area contributed by atoms with E-state index in [4.69, 9.17) is 5.84 Å². The molecule has 0 spiro atoms. The van der Waals surface area contributed by atoms with E-state index >= 15 is 0 Å². The Labute approximate surface area is 108 Å². The van der Waals surface area contributed by atoms with E-state index < -0.39 is 0 Å². The van der Waals surface area contributed by atoms with Crippen molar-refractivity contribution < 1.29 is 4.39 Å². The van der Waals surface area contributed by atoms with E-state index in [-0.39, 0.29) is 11.9 Å². The van der Waals surface area contributed by atoms with Gasteiger partial charge in [0.25, 0.3) is 0 Å². The summed E-state index contributed by atoms with van der Waals surface area (Å²) in [6, 6.07) is 14.0. The number of halogens is 2. The molecule has 88 valence electrons. The van der Waals surface area contributed by atoms with Gasteiger partial charge in [0.15, 0.2) is 0 Å². The van der Waals surface area contributed by atoms with Crippen molar-refractivity contribution in [3.8, 4) is 0 Å². The number of hydrogen-bond acceptors (Lipinski definition) is 2. The van der Waals surface area contributed by atoms with Gasteiger partial charge in [-0.15, -0.1) is 0 Å². The van der Waals surface area contributed by atoms with E-state index in [9.17, 15) is 4.39 Å². The van der Waals surface area contributed by atoms with Gasteiger partial charge >= 0.3 is 0 Å². The Hall–Kier alpha value is -1.23. The number of rotatable bonds is 3. The zero-order valence-electron chi connectivity index (χ0n) is 9.03. The van der Waals surface area contributed by atoms with E-state index in [1.807, 2.05) is 30.3 Å². The zero-order chi connectivity index (χ0) is 12.3. The van der Waals surface area contributed by atoms with E-state index in [1.54, 1.807) is 12.1 Å². The van der Waals surface area contributed by atoms with Crippen LogP contribution >= 0.6 is 15.9 Å². The van der Waals surface area contributed by atoms with Gasteiger partial charge in [0.1, 0.15) is 5.82 Å². The second-order valence-corrected chi connectivity index (χ2v) is 4.50. The van der Waals surface area contributed by atoms with Crippen LogP contribution < -0.4 is 11.3 Å². The highest BCUT2D eigenvalue weighted by Crippen LogP contribution is 2.30. The Morgan fingerprint density at radius 3 is 2.35 bits per heavy atom. The molecule has 0 saturated heterocycles. The normalized spacial score (nSPS) is 12.4. The molecule has 0 bridgehead atoms. The first-order valence-corrected chi connectivity index (χ1v) is 5.98. The number of nitrogens with two attached hydrogens (primary N) is 1. The summed E-state index contributed by atoms with van der Waals surface area (Å²) in [6.07, 6.45) is 0. The fraction of sp³-hybridized carbons (Fsp3) is 0.0769. The zero-order valence-corrected chi connectivity index (χ0v) is 10.6. The maximum Gasteiger partial charge on any atom is 0.129 e. The van der Waals surface area contributed by atoms with Crippen LogP contribution in [-0.4, -0.2) is 0 Å². The molecule has 1 atom stereocenters. The number of benzene rings is 2. The molecule has 0 fully saturated rings. The van der Waals surface area contributed by atoms with Gasteiger partial charge in [0.05, 0.1) is 6.04 Å². The Morgan fingerprint density at radius 1 is 1.06 bits per heavy atom. The summed E-state index contributed by atoms with van der Waals surface area (Å²) in [5.41, 5.74) is 4.08. The lowest BCUT2D eigenvalue weighted by atomic mass is 9.99. The minimum absolute atomic E-state index is 0.286. The van der Waals surface area contributed by atoms with Crippen molar-refractivity contribution in [1.82, 2.24) is 5.43 Å². The molecule has 0 aliphatic heterocycles. The van der Waals surface area contributed by atoms with Gasteiger partial charge < -0.3 is 0 Å². The van der Waals surface area contributed by atoms with E-state index in [0.29, 0.717) is 10.0 Å². The molecule has 0 aliphatic rings. The molecule has 17 heavy (non-hydrogen) atoms. The van der Waals surface area contributed by atoms with Crippen molar-refractivity contribution in [2.45, 2.75) is 6.04 Å². The van der Waals surface area contributed by atoms with Crippen molar-refractivity contribution in [2.75, 3.05) is 0 Å². The van der Waals surface area contributed by atoms with Gasteiger partial charge in [-0.1, -0.05) is 52.3 Å². The van der Waals surface area contributed by atoms with Crippen LogP contribution in [0.2, 0.25) is 0 Å². The van der Waals surface area contributed by atoms with Gasteiger partial charge in [0, 0.05) is 10.0 Å².